The topological polar surface area (TPSA) is 92.8 Å². The number of hydrogen-bond acceptors (Lipinski definition) is 6. The third kappa shape index (κ3) is 3.26. The highest BCUT2D eigenvalue weighted by Gasteiger charge is 2.27. The lowest BCUT2D eigenvalue weighted by Gasteiger charge is -2.02. The van der Waals surface area contributed by atoms with E-state index < -0.39 is 5.82 Å². The van der Waals surface area contributed by atoms with Crippen molar-refractivity contribution in [3.8, 4) is 11.8 Å². The van der Waals surface area contributed by atoms with Crippen LogP contribution >= 0.6 is 11.8 Å². The summed E-state index contributed by atoms with van der Waals surface area (Å²) < 4.78 is 14.2. The van der Waals surface area contributed by atoms with E-state index in [9.17, 15) is 4.39 Å². The normalized spacial score (nSPS) is 14.3. The van der Waals surface area contributed by atoms with Crippen molar-refractivity contribution in [2.24, 2.45) is 10.9 Å². The Hall–Kier alpha value is -2.92. The number of nitrogens with zero attached hydrogens (tertiary/aromatic N) is 4. The Labute approximate surface area is 153 Å². The van der Waals surface area contributed by atoms with Gasteiger partial charge >= 0.3 is 0 Å². The lowest BCUT2D eigenvalue weighted by atomic mass is 10.2. The Kier molecular flexibility index (Phi) is 4.31. The molecule has 2 heterocycles. The van der Waals surface area contributed by atoms with Gasteiger partial charge in [-0.05, 0) is 43.2 Å². The largest absolute Gasteiger partial charge is 0.383 e. The molecule has 4 rings (SSSR count). The maximum Gasteiger partial charge on any atom is 0.187 e. The van der Waals surface area contributed by atoms with Crippen LogP contribution in [0, 0.1) is 23.6 Å². The van der Waals surface area contributed by atoms with E-state index in [1.54, 1.807) is 23.9 Å². The Morgan fingerprint density at radius 1 is 1.35 bits per heavy atom. The van der Waals surface area contributed by atoms with Gasteiger partial charge in [-0.1, -0.05) is 5.92 Å². The lowest BCUT2D eigenvalue weighted by Crippen LogP contribution is -1.93. The number of H-pyrrole nitrogens is 1. The zero-order valence-electron chi connectivity index (χ0n) is 14.0. The first kappa shape index (κ1) is 16.5. The third-order valence-corrected chi connectivity index (χ3v) is 4.87. The summed E-state index contributed by atoms with van der Waals surface area (Å²) in [5.41, 5.74) is 7.70. The van der Waals surface area contributed by atoms with Gasteiger partial charge in [-0.25, -0.2) is 19.4 Å². The molecule has 0 bridgehead atoms. The molecule has 0 spiro atoms. The zero-order valence-corrected chi connectivity index (χ0v) is 14.8. The van der Waals surface area contributed by atoms with Gasteiger partial charge in [0.2, 0.25) is 0 Å². The Morgan fingerprint density at radius 2 is 2.19 bits per heavy atom. The van der Waals surface area contributed by atoms with Crippen molar-refractivity contribution in [3.05, 3.63) is 41.6 Å². The summed E-state index contributed by atoms with van der Waals surface area (Å²) >= 11 is 1.64. The highest BCUT2D eigenvalue weighted by Crippen LogP contribution is 2.35. The van der Waals surface area contributed by atoms with E-state index in [1.165, 1.54) is 25.2 Å². The minimum atomic E-state index is -0.401. The molecular formula is C18H15FN6S. The van der Waals surface area contributed by atoms with Gasteiger partial charge in [0.25, 0.3) is 0 Å². The van der Waals surface area contributed by atoms with Crippen LogP contribution in [0.25, 0.3) is 11.0 Å². The Morgan fingerprint density at radius 3 is 2.96 bits per heavy atom. The minimum Gasteiger partial charge on any atom is -0.383 e. The van der Waals surface area contributed by atoms with Gasteiger partial charge in [0, 0.05) is 5.92 Å². The summed E-state index contributed by atoms with van der Waals surface area (Å²) in [6.45, 7) is 0. The van der Waals surface area contributed by atoms with Crippen LogP contribution in [0.4, 0.5) is 15.9 Å². The smallest absolute Gasteiger partial charge is 0.187 e. The number of nitrogens with one attached hydrogen (secondary N) is 1. The van der Waals surface area contributed by atoms with Gasteiger partial charge < -0.3 is 5.73 Å². The third-order valence-electron chi connectivity index (χ3n) is 4.03. The fraction of sp³-hybridized carbons (Fsp3) is 0.222. The first-order valence-electron chi connectivity index (χ1n) is 8.04. The number of nitrogen functional groups attached to an aromatic ring is 1. The molecule has 1 aliphatic carbocycles. The molecule has 0 radical (unpaired) electrons. The molecule has 130 valence electrons. The summed E-state index contributed by atoms with van der Waals surface area (Å²) in [5, 5.41) is 8.41. The van der Waals surface area contributed by atoms with Crippen molar-refractivity contribution < 1.29 is 4.39 Å². The average molecular weight is 366 g/mol. The van der Waals surface area contributed by atoms with Crippen LogP contribution < -0.4 is 5.73 Å². The molecule has 0 unspecified atom stereocenters. The van der Waals surface area contributed by atoms with Crippen LogP contribution in [0.2, 0.25) is 0 Å². The molecule has 0 amide bonds. The van der Waals surface area contributed by atoms with Crippen LogP contribution in [0.5, 0.6) is 0 Å². The second-order valence-corrected chi connectivity index (χ2v) is 6.73. The number of nitrogens with two attached hydrogens (primary N) is 1. The molecule has 1 fully saturated rings. The maximum atomic E-state index is 14.2. The molecule has 26 heavy (non-hydrogen) atoms. The Bertz CT molecular complexity index is 1070. The van der Waals surface area contributed by atoms with Crippen LogP contribution in [-0.4, -0.2) is 31.5 Å². The van der Waals surface area contributed by atoms with E-state index in [4.69, 9.17) is 5.73 Å². The monoisotopic (exact) mass is 366 g/mol. The minimum absolute atomic E-state index is 0.265. The summed E-state index contributed by atoms with van der Waals surface area (Å²) in [6.07, 6.45) is 5.69. The number of rotatable bonds is 2. The summed E-state index contributed by atoms with van der Waals surface area (Å²) in [7, 11) is 0. The molecule has 0 atom stereocenters. The summed E-state index contributed by atoms with van der Waals surface area (Å²) in [5.74, 6) is 6.12. The van der Waals surface area contributed by atoms with Crippen molar-refractivity contribution in [2.45, 2.75) is 12.8 Å². The van der Waals surface area contributed by atoms with Crippen LogP contribution in [0.1, 0.15) is 24.1 Å². The van der Waals surface area contributed by atoms with E-state index in [0.717, 1.165) is 5.04 Å². The number of aliphatic imine (C=N–C) groups is 1. The van der Waals surface area contributed by atoms with Crippen LogP contribution in [0.3, 0.4) is 0 Å². The van der Waals surface area contributed by atoms with Gasteiger partial charge in [-0.3, -0.25) is 5.10 Å². The van der Waals surface area contributed by atoms with Crippen molar-refractivity contribution in [2.75, 3.05) is 12.0 Å². The summed E-state index contributed by atoms with van der Waals surface area (Å²) in [6, 6.07) is 4.70. The predicted molar refractivity (Wildman–Crippen MR) is 102 cm³/mol. The average Bonchev–Trinajstić information content (AvgIpc) is 3.40. The number of benzene rings is 1. The van der Waals surface area contributed by atoms with Gasteiger partial charge in [0.1, 0.15) is 23.7 Å². The van der Waals surface area contributed by atoms with Crippen molar-refractivity contribution >= 4 is 39.3 Å². The fourth-order valence-corrected chi connectivity index (χ4v) is 3.30. The van der Waals surface area contributed by atoms with Crippen molar-refractivity contribution in [3.63, 3.8) is 0 Å². The standard InChI is InChI=1S/C18H15FN6S/c1-26-18(10-2-3-10)23-12-5-6-13(19)11(8-12)4-7-14-15-16(20)21-9-22-17(15)25-24-14/h5-6,8-10H,2-3H2,1H3,(H3,20,21,22,24,25). The van der Waals surface area contributed by atoms with E-state index in [-0.39, 0.29) is 11.4 Å². The quantitative estimate of drug-likeness (QED) is 0.412. The number of anilines is 1. The molecule has 6 nitrogen and oxygen atoms in total. The van der Waals surface area contributed by atoms with Crippen molar-refractivity contribution in [1.82, 2.24) is 20.2 Å². The van der Waals surface area contributed by atoms with Gasteiger partial charge in [0.05, 0.1) is 21.7 Å². The zero-order chi connectivity index (χ0) is 18.1. The highest BCUT2D eigenvalue weighted by atomic mass is 32.2. The Balaban J connectivity index is 1.70. The molecule has 2 aromatic heterocycles. The fourth-order valence-electron chi connectivity index (χ4n) is 2.54. The van der Waals surface area contributed by atoms with Gasteiger partial charge in [-0.2, -0.15) is 5.10 Å². The van der Waals surface area contributed by atoms with E-state index in [2.05, 4.69) is 37.0 Å². The molecule has 3 aromatic rings. The van der Waals surface area contributed by atoms with E-state index in [0.29, 0.717) is 28.3 Å². The lowest BCUT2D eigenvalue weighted by molar-refractivity contribution is 0.624. The second kappa shape index (κ2) is 6.77. The van der Waals surface area contributed by atoms with Gasteiger partial charge in [-0.15, -0.1) is 11.8 Å². The second-order valence-electron chi connectivity index (χ2n) is 5.90. The highest BCUT2D eigenvalue weighted by molar-refractivity contribution is 8.13. The molecule has 1 aromatic carbocycles. The molecule has 0 saturated heterocycles. The molecular weight excluding hydrogens is 351 g/mol. The molecule has 8 heteroatoms. The van der Waals surface area contributed by atoms with Gasteiger partial charge in [0.15, 0.2) is 5.65 Å². The predicted octanol–water partition coefficient (Wildman–Crippen LogP) is 3.28. The number of hydrogen-bond donors (Lipinski definition) is 2. The first-order chi connectivity index (χ1) is 12.7. The van der Waals surface area contributed by atoms with Crippen LogP contribution in [-0.2, 0) is 0 Å². The first-order valence-corrected chi connectivity index (χ1v) is 9.27. The molecule has 1 saturated carbocycles. The number of aromatic amines is 1. The number of halogens is 1. The van der Waals surface area contributed by atoms with Crippen LogP contribution in [0.15, 0.2) is 29.5 Å². The van der Waals surface area contributed by atoms with Crippen molar-refractivity contribution in [1.29, 1.82) is 0 Å². The maximum absolute atomic E-state index is 14.2. The number of aromatic nitrogens is 4. The molecule has 1 aliphatic rings. The SMILES string of the molecule is CSC(=Nc1ccc(F)c(C#Cc2[nH]nc3ncnc(N)c23)c1)C1CC1. The number of thioether (sulfide) groups is 1. The number of fused-ring (bicyclic) bond motifs is 1. The summed E-state index contributed by atoms with van der Waals surface area (Å²) in [4.78, 5) is 12.6. The van der Waals surface area contributed by atoms with E-state index in [1.807, 2.05) is 6.26 Å². The molecule has 0 aliphatic heterocycles. The molecule has 3 N–H and O–H groups in total. The van der Waals surface area contributed by atoms with E-state index >= 15 is 0 Å².